The van der Waals surface area contributed by atoms with Crippen molar-refractivity contribution in [2.45, 2.75) is 51.9 Å². The normalized spacial score (nSPS) is 18.8. The van der Waals surface area contributed by atoms with Crippen LogP contribution in [-0.4, -0.2) is 0 Å². The number of hydrogen-bond donors (Lipinski definition) is 0. The molecule has 2 aromatic rings. The maximum atomic E-state index is 13.0. The van der Waals surface area contributed by atoms with Crippen LogP contribution < -0.4 is 0 Å². The maximum Gasteiger partial charge on any atom is 0.123 e. The Morgan fingerprint density at radius 3 is 2.17 bits per heavy atom. The van der Waals surface area contributed by atoms with Crippen LogP contribution in [0, 0.1) is 5.82 Å². The van der Waals surface area contributed by atoms with Crippen LogP contribution in [0.2, 0.25) is 0 Å². The standard InChI is InChI=1S/C22H25F/c1-15(12-16-6-9-18(23)10-7-16)17-8-11-19-20(13-17)22(4,5)14-21(19,2)3/h6-13H,14H2,1-5H3. The molecule has 0 spiro atoms. The molecule has 0 saturated carbocycles. The SMILES string of the molecule is CC(=Cc1ccc(F)cc1)c1ccc2c(c1)C(C)(C)CC2(C)C. The van der Waals surface area contributed by atoms with Crippen molar-refractivity contribution in [3.8, 4) is 0 Å². The van der Waals surface area contributed by atoms with Crippen molar-refractivity contribution >= 4 is 11.6 Å². The van der Waals surface area contributed by atoms with Crippen LogP contribution >= 0.6 is 0 Å². The minimum atomic E-state index is -0.193. The third-order valence-electron chi connectivity index (χ3n) is 5.07. The molecule has 0 unspecified atom stereocenters. The van der Waals surface area contributed by atoms with Gasteiger partial charge in [-0.3, -0.25) is 0 Å². The first kappa shape index (κ1) is 16.0. The van der Waals surface area contributed by atoms with Gasteiger partial charge in [0.2, 0.25) is 0 Å². The van der Waals surface area contributed by atoms with Gasteiger partial charge in [0.1, 0.15) is 5.82 Å². The van der Waals surface area contributed by atoms with Gasteiger partial charge in [0.15, 0.2) is 0 Å². The van der Waals surface area contributed by atoms with Crippen LogP contribution in [0.3, 0.4) is 0 Å². The Morgan fingerprint density at radius 2 is 1.52 bits per heavy atom. The quantitative estimate of drug-likeness (QED) is 0.567. The number of halogens is 1. The van der Waals surface area contributed by atoms with Crippen LogP contribution in [-0.2, 0) is 10.8 Å². The summed E-state index contributed by atoms with van der Waals surface area (Å²) in [5.41, 5.74) is 6.88. The molecule has 0 saturated heterocycles. The Bertz CT molecular complexity index is 761. The second-order valence-electron chi connectivity index (χ2n) is 8.08. The van der Waals surface area contributed by atoms with Crippen molar-refractivity contribution in [2.24, 2.45) is 0 Å². The number of fused-ring (bicyclic) bond motifs is 1. The zero-order chi connectivity index (χ0) is 16.8. The van der Waals surface area contributed by atoms with E-state index in [1.165, 1.54) is 40.8 Å². The van der Waals surface area contributed by atoms with Crippen molar-refractivity contribution < 1.29 is 4.39 Å². The van der Waals surface area contributed by atoms with Crippen LogP contribution in [0.4, 0.5) is 4.39 Å². The molecule has 1 aliphatic rings. The van der Waals surface area contributed by atoms with Gasteiger partial charge in [0.25, 0.3) is 0 Å². The van der Waals surface area contributed by atoms with Crippen LogP contribution in [0.15, 0.2) is 42.5 Å². The summed E-state index contributed by atoms with van der Waals surface area (Å²) < 4.78 is 13.0. The second kappa shape index (κ2) is 5.33. The van der Waals surface area contributed by atoms with E-state index in [4.69, 9.17) is 0 Å². The number of benzene rings is 2. The lowest BCUT2D eigenvalue weighted by atomic mass is 9.82. The van der Waals surface area contributed by atoms with E-state index >= 15 is 0 Å². The third-order valence-corrected chi connectivity index (χ3v) is 5.07. The second-order valence-corrected chi connectivity index (χ2v) is 8.08. The third kappa shape index (κ3) is 2.97. The molecule has 0 heterocycles. The summed E-state index contributed by atoms with van der Waals surface area (Å²) in [6, 6.07) is 13.5. The molecule has 23 heavy (non-hydrogen) atoms. The van der Waals surface area contributed by atoms with Crippen molar-refractivity contribution in [1.29, 1.82) is 0 Å². The smallest absolute Gasteiger partial charge is 0.123 e. The number of hydrogen-bond acceptors (Lipinski definition) is 0. The van der Waals surface area contributed by atoms with E-state index in [1.54, 1.807) is 0 Å². The van der Waals surface area contributed by atoms with E-state index in [-0.39, 0.29) is 16.6 Å². The molecule has 0 amide bonds. The molecule has 0 N–H and O–H groups in total. The number of allylic oxidation sites excluding steroid dienone is 1. The fraction of sp³-hybridized carbons (Fsp3) is 0.364. The summed E-state index contributed by atoms with van der Waals surface area (Å²) >= 11 is 0. The topological polar surface area (TPSA) is 0 Å². The monoisotopic (exact) mass is 308 g/mol. The minimum absolute atomic E-state index is 0.193. The van der Waals surface area contributed by atoms with E-state index in [2.05, 4.69) is 58.9 Å². The molecule has 1 aliphatic carbocycles. The van der Waals surface area contributed by atoms with E-state index < -0.39 is 0 Å². The average Bonchev–Trinajstić information content (AvgIpc) is 2.66. The van der Waals surface area contributed by atoms with E-state index in [0.717, 1.165) is 5.56 Å². The molecular formula is C22H25F. The van der Waals surface area contributed by atoms with Crippen molar-refractivity contribution in [2.75, 3.05) is 0 Å². The zero-order valence-corrected chi connectivity index (χ0v) is 14.7. The lowest BCUT2D eigenvalue weighted by molar-refractivity contribution is 0.403. The average molecular weight is 308 g/mol. The molecule has 2 aromatic carbocycles. The van der Waals surface area contributed by atoms with Gasteiger partial charge >= 0.3 is 0 Å². The summed E-state index contributed by atoms with van der Waals surface area (Å²) in [6.45, 7) is 11.5. The van der Waals surface area contributed by atoms with Crippen LogP contribution in [0.1, 0.15) is 63.3 Å². The molecular weight excluding hydrogens is 283 g/mol. The Labute approximate surface area is 139 Å². The molecule has 0 radical (unpaired) electrons. The van der Waals surface area contributed by atoms with Crippen molar-refractivity contribution in [3.63, 3.8) is 0 Å². The van der Waals surface area contributed by atoms with Gasteiger partial charge in [-0.25, -0.2) is 4.39 Å². The van der Waals surface area contributed by atoms with E-state index in [9.17, 15) is 4.39 Å². The van der Waals surface area contributed by atoms with Gasteiger partial charge in [-0.15, -0.1) is 0 Å². The fourth-order valence-electron chi connectivity index (χ4n) is 4.13. The molecule has 120 valence electrons. The predicted octanol–water partition coefficient (Wildman–Crippen LogP) is 6.35. The van der Waals surface area contributed by atoms with Gasteiger partial charge in [0, 0.05) is 0 Å². The van der Waals surface area contributed by atoms with Crippen molar-refractivity contribution in [3.05, 3.63) is 70.5 Å². The minimum Gasteiger partial charge on any atom is -0.207 e. The zero-order valence-electron chi connectivity index (χ0n) is 14.7. The summed E-state index contributed by atoms with van der Waals surface area (Å²) in [5, 5.41) is 0. The van der Waals surface area contributed by atoms with Gasteiger partial charge in [-0.2, -0.15) is 0 Å². The molecule has 0 fully saturated rings. The number of rotatable bonds is 2. The summed E-state index contributed by atoms with van der Waals surface area (Å²) in [5.74, 6) is -0.193. The first-order valence-corrected chi connectivity index (χ1v) is 8.28. The molecule has 0 aliphatic heterocycles. The lowest BCUT2D eigenvalue weighted by Gasteiger charge is -2.22. The predicted molar refractivity (Wildman–Crippen MR) is 97.1 cm³/mol. The Kier molecular flexibility index (Phi) is 3.71. The fourth-order valence-corrected chi connectivity index (χ4v) is 4.13. The van der Waals surface area contributed by atoms with Crippen LogP contribution in [0.5, 0.6) is 0 Å². The summed E-state index contributed by atoms with van der Waals surface area (Å²) in [6.07, 6.45) is 3.30. The molecule has 0 nitrogen and oxygen atoms in total. The van der Waals surface area contributed by atoms with Gasteiger partial charge in [0.05, 0.1) is 0 Å². The Morgan fingerprint density at radius 1 is 0.913 bits per heavy atom. The molecule has 1 heteroatoms. The lowest BCUT2D eigenvalue weighted by Crippen LogP contribution is -2.17. The maximum absolute atomic E-state index is 13.0. The highest BCUT2D eigenvalue weighted by Crippen LogP contribution is 2.49. The van der Waals surface area contributed by atoms with Gasteiger partial charge in [-0.1, -0.05) is 64.1 Å². The Hall–Kier alpha value is -1.89. The highest BCUT2D eigenvalue weighted by Gasteiger charge is 2.41. The molecule has 0 aromatic heterocycles. The van der Waals surface area contributed by atoms with E-state index in [0.29, 0.717) is 0 Å². The first-order valence-electron chi connectivity index (χ1n) is 8.28. The molecule has 3 rings (SSSR count). The Balaban J connectivity index is 2.01. The molecule has 0 bridgehead atoms. The highest BCUT2D eigenvalue weighted by molar-refractivity contribution is 5.80. The molecule has 0 atom stereocenters. The van der Waals surface area contributed by atoms with Gasteiger partial charge < -0.3 is 0 Å². The van der Waals surface area contributed by atoms with Gasteiger partial charge in [-0.05, 0) is 64.1 Å². The highest BCUT2D eigenvalue weighted by atomic mass is 19.1. The van der Waals surface area contributed by atoms with Crippen LogP contribution in [0.25, 0.3) is 11.6 Å². The summed E-state index contributed by atoms with van der Waals surface area (Å²) in [4.78, 5) is 0. The summed E-state index contributed by atoms with van der Waals surface area (Å²) in [7, 11) is 0. The van der Waals surface area contributed by atoms with E-state index in [1.807, 2.05) is 12.1 Å². The first-order chi connectivity index (χ1) is 10.7. The van der Waals surface area contributed by atoms with Crippen molar-refractivity contribution in [1.82, 2.24) is 0 Å². The largest absolute Gasteiger partial charge is 0.207 e.